The van der Waals surface area contributed by atoms with Crippen molar-refractivity contribution >= 4 is 12.0 Å². The predicted octanol–water partition coefficient (Wildman–Crippen LogP) is 4.25. The fourth-order valence-corrected chi connectivity index (χ4v) is 2.40. The van der Waals surface area contributed by atoms with Crippen LogP contribution < -0.4 is 5.32 Å². The van der Waals surface area contributed by atoms with Crippen LogP contribution in [0, 0.1) is 11.3 Å². The molecule has 1 N–H and O–H groups in total. The Labute approximate surface area is 137 Å². The summed E-state index contributed by atoms with van der Waals surface area (Å²) in [6.45, 7) is 2.08. The van der Waals surface area contributed by atoms with Crippen molar-refractivity contribution in [3.63, 3.8) is 0 Å². The average molecular weight is 304 g/mol. The van der Waals surface area contributed by atoms with Gasteiger partial charge in [0.1, 0.15) is 11.6 Å². The van der Waals surface area contributed by atoms with Crippen LogP contribution in [0.4, 0.5) is 0 Å². The van der Waals surface area contributed by atoms with Gasteiger partial charge in [-0.25, -0.2) is 0 Å². The number of benzene rings is 2. The highest BCUT2D eigenvalue weighted by Crippen LogP contribution is 2.19. The first-order chi connectivity index (χ1) is 11.2. The normalized spacial score (nSPS) is 12.3. The third-order valence-corrected chi connectivity index (χ3v) is 3.56. The lowest BCUT2D eigenvalue weighted by molar-refractivity contribution is -0.117. The van der Waals surface area contributed by atoms with Crippen LogP contribution in [-0.4, -0.2) is 5.91 Å². The van der Waals surface area contributed by atoms with Crippen LogP contribution in [0.1, 0.15) is 36.9 Å². The van der Waals surface area contributed by atoms with Crippen LogP contribution in [0.25, 0.3) is 6.08 Å². The number of nitrogens with zero attached hydrogens (tertiary/aromatic N) is 1. The molecule has 0 unspecified atom stereocenters. The second-order valence-corrected chi connectivity index (χ2v) is 5.31. The lowest BCUT2D eigenvalue weighted by Crippen LogP contribution is -2.29. The first-order valence-electron chi connectivity index (χ1n) is 7.77. The molecule has 1 amide bonds. The van der Waals surface area contributed by atoms with Crippen molar-refractivity contribution in [1.82, 2.24) is 5.32 Å². The minimum atomic E-state index is -0.335. The first-order valence-corrected chi connectivity index (χ1v) is 7.77. The summed E-state index contributed by atoms with van der Waals surface area (Å²) in [4.78, 5) is 12.4. The molecule has 0 bridgehead atoms. The summed E-state index contributed by atoms with van der Waals surface area (Å²) in [5.74, 6) is -0.335. The molecule has 116 valence electrons. The van der Waals surface area contributed by atoms with E-state index in [0.717, 1.165) is 24.0 Å². The topological polar surface area (TPSA) is 52.9 Å². The van der Waals surface area contributed by atoms with Gasteiger partial charge in [-0.2, -0.15) is 5.26 Å². The number of carbonyl (C=O) groups excluding carboxylic acids is 1. The van der Waals surface area contributed by atoms with Gasteiger partial charge in [0.05, 0.1) is 6.04 Å². The van der Waals surface area contributed by atoms with Gasteiger partial charge < -0.3 is 5.32 Å². The fraction of sp³-hybridized carbons (Fsp3) is 0.200. The zero-order valence-electron chi connectivity index (χ0n) is 13.2. The van der Waals surface area contributed by atoms with Crippen LogP contribution in [0.5, 0.6) is 0 Å². The maximum atomic E-state index is 12.4. The number of hydrogen-bond acceptors (Lipinski definition) is 2. The number of nitriles is 1. The molecular weight excluding hydrogens is 284 g/mol. The molecule has 2 aromatic rings. The van der Waals surface area contributed by atoms with Crippen LogP contribution in [-0.2, 0) is 4.79 Å². The van der Waals surface area contributed by atoms with Crippen LogP contribution in [0.3, 0.4) is 0 Å². The Kier molecular flexibility index (Phi) is 6.14. The van der Waals surface area contributed by atoms with Gasteiger partial charge in [-0.05, 0) is 23.6 Å². The van der Waals surface area contributed by atoms with E-state index in [9.17, 15) is 10.1 Å². The van der Waals surface area contributed by atoms with E-state index >= 15 is 0 Å². The van der Waals surface area contributed by atoms with E-state index in [4.69, 9.17) is 0 Å². The van der Waals surface area contributed by atoms with Crippen LogP contribution in [0.2, 0.25) is 0 Å². The van der Waals surface area contributed by atoms with Gasteiger partial charge in [0, 0.05) is 0 Å². The summed E-state index contributed by atoms with van der Waals surface area (Å²) in [6.07, 6.45) is 3.40. The second-order valence-electron chi connectivity index (χ2n) is 5.31. The Morgan fingerprint density at radius 3 is 2.30 bits per heavy atom. The molecule has 0 aliphatic heterocycles. The first kappa shape index (κ1) is 16.5. The van der Waals surface area contributed by atoms with E-state index < -0.39 is 0 Å². The van der Waals surface area contributed by atoms with E-state index in [2.05, 4.69) is 12.2 Å². The Morgan fingerprint density at radius 1 is 1.13 bits per heavy atom. The molecule has 0 heterocycles. The molecule has 3 heteroatoms. The molecule has 0 aliphatic rings. The fourth-order valence-electron chi connectivity index (χ4n) is 2.40. The van der Waals surface area contributed by atoms with E-state index in [1.165, 1.54) is 0 Å². The maximum absolute atomic E-state index is 12.4. The van der Waals surface area contributed by atoms with Crippen molar-refractivity contribution < 1.29 is 4.79 Å². The molecule has 0 fully saturated rings. The number of amides is 1. The maximum Gasteiger partial charge on any atom is 0.262 e. The minimum absolute atomic E-state index is 0.0822. The molecule has 2 rings (SSSR count). The van der Waals surface area contributed by atoms with Crippen molar-refractivity contribution in [3.05, 3.63) is 77.4 Å². The zero-order chi connectivity index (χ0) is 16.5. The van der Waals surface area contributed by atoms with E-state index in [-0.39, 0.29) is 17.5 Å². The smallest absolute Gasteiger partial charge is 0.262 e. The molecule has 3 nitrogen and oxygen atoms in total. The van der Waals surface area contributed by atoms with E-state index in [1.54, 1.807) is 6.08 Å². The Bertz CT molecular complexity index is 699. The standard InChI is InChI=1S/C20H20N2O/c1-2-9-19(17-12-7-4-8-13-17)22-20(23)18(15-21)14-16-10-5-3-6-11-16/h3-8,10-14,19H,2,9H2,1H3,(H,22,23)/b18-14+/t19-/m0/s1. The SMILES string of the molecule is CCC[C@H](NC(=O)/C(C#N)=C/c1ccccc1)c1ccccc1. The quantitative estimate of drug-likeness (QED) is 0.640. The van der Waals surface area contributed by atoms with Gasteiger partial charge in [-0.15, -0.1) is 0 Å². The molecular formula is C20H20N2O. The molecule has 2 aromatic carbocycles. The summed E-state index contributed by atoms with van der Waals surface area (Å²) in [7, 11) is 0. The molecule has 0 saturated heterocycles. The molecule has 0 aromatic heterocycles. The number of rotatable bonds is 6. The summed E-state index contributed by atoms with van der Waals surface area (Å²) < 4.78 is 0. The third-order valence-electron chi connectivity index (χ3n) is 3.56. The minimum Gasteiger partial charge on any atom is -0.345 e. The number of carbonyl (C=O) groups is 1. The van der Waals surface area contributed by atoms with Crippen molar-refractivity contribution in [2.24, 2.45) is 0 Å². The molecule has 0 radical (unpaired) electrons. The second kappa shape index (κ2) is 8.55. The lowest BCUT2D eigenvalue weighted by Gasteiger charge is -2.18. The zero-order valence-corrected chi connectivity index (χ0v) is 13.2. The summed E-state index contributed by atoms with van der Waals surface area (Å²) in [6, 6.07) is 21.1. The Hall–Kier alpha value is -2.86. The highest BCUT2D eigenvalue weighted by molar-refractivity contribution is 6.01. The number of nitrogens with one attached hydrogen (secondary N) is 1. The Morgan fingerprint density at radius 2 is 1.74 bits per heavy atom. The molecule has 0 saturated carbocycles. The molecule has 0 aliphatic carbocycles. The summed E-state index contributed by atoms with van der Waals surface area (Å²) >= 11 is 0. The van der Waals surface area contributed by atoms with Crippen molar-refractivity contribution in [2.45, 2.75) is 25.8 Å². The van der Waals surface area contributed by atoms with E-state index in [0.29, 0.717) is 0 Å². The van der Waals surface area contributed by atoms with Gasteiger partial charge in [0.15, 0.2) is 0 Å². The van der Waals surface area contributed by atoms with Crippen molar-refractivity contribution in [3.8, 4) is 6.07 Å². The van der Waals surface area contributed by atoms with Gasteiger partial charge in [-0.1, -0.05) is 74.0 Å². The molecule has 0 spiro atoms. The monoisotopic (exact) mass is 304 g/mol. The van der Waals surface area contributed by atoms with Crippen molar-refractivity contribution in [2.75, 3.05) is 0 Å². The highest BCUT2D eigenvalue weighted by Gasteiger charge is 2.16. The lowest BCUT2D eigenvalue weighted by atomic mass is 10.0. The van der Waals surface area contributed by atoms with Crippen LogP contribution >= 0.6 is 0 Å². The average Bonchev–Trinajstić information content (AvgIpc) is 2.61. The molecule has 1 atom stereocenters. The van der Waals surface area contributed by atoms with Gasteiger partial charge in [0.2, 0.25) is 0 Å². The Balaban J connectivity index is 2.17. The van der Waals surface area contributed by atoms with Gasteiger partial charge in [-0.3, -0.25) is 4.79 Å². The van der Waals surface area contributed by atoms with Gasteiger partial charge >= 0.3 is 0 Å². The predicted molar refractivity (Wildman–Crippen MR) is 92.3 cm³/mol. The van der Waals surface area contributed by atoms with Crippen molar-refractivity contribution in [1.29, 1.82) is 5.26 Å². The molecule has 23 heavy (non-hydrogen) atoms. The highest BCUT2D eigenvalue weighted by atomic mass is 16.1. The van der Waals surface area contributed by atoms with E-state index in [1.807, 2.05) is 66.7 Å². The van der Waals surface area contributed by atoms with Gasteiger partial charge in [0.25, 0.3) is 5.91 Å². The third kappa shape index (κ3) is 4.82. The summed E-state index contributed by atoms with van der Waals surface area (Å²) in [5, 5.41) is 12.3. The number of hydrogen-bond donors (Lipinski definition) is 1. The van der Waals surface area contributed by atoms with Crippen LogP contribution in [0.15, 0.2) is 66.2 Å². The largest absolute Gasteiger partial charge is 0.345 e. The summed E-state index contributed by atoms with van der Waals surface area (Å²) in [5.41, 5.74) is 2.01.